The van der Waals surface area contributed by atoms with Crippen LogP contribution in [-0.2, 0) is 14.3 Å². The summed E-state index contributed by atoms with van der Waals surface area (Å²) < 4.78 is 4.81. The molecule has 0 aromatic heterocycles. The number of likely N-dealkylation sites (tertiary alicyclic amines) is 1. The third kappa shape index (κ3) is 3.56. The number of hydrogen-bond acceptors (Lipinski definition) is 4. The van der Waals surface area contributed by atoms with E-state index in [-0.39, 0.29) is 18.9 Å². The molecule has 5 nitrogen and oxygen atoms in total. The Balaban J connectivity index is 1.98. The lowest BCUT2D eigenvalue weighted by atomic mass is 9.90. The minimum absolute atomic E-state index is 0.134. The Morgan fingerprint density at radius 1 is 1.04 bits per heavy atom. The molecule has 1 aliphatic heterocycles. The molecule has 2 aromatic carbocycles. The van der Waals surface area contributed by atoms with Gasteiger partial charge in [-0.25, -0.2) is 4.79 Å². The Hall–Kier alpha value is -2.66. The first-order valence-corrected chi connectivity index (χ1v) is 8.28. The number of carbonyl (C=O) groups excluding carboxylic acids is 2. The van der Waals surface area contributed by atoms with Gasteiger partial charge < -0.3 is 14.7 Å². The lowest BCUT2D eigenvalue weighted by molar-refractivity contribution is -0.151. The number of esters is 1. The van der Waals surface area contributed by atoms with Crippen molar-refractivity contribution in [1.29, 1.82) is 0 Å². The first-order chi connectivity index (χ1) is 12.1. The maximum absolute atomic E-state index is 13.3. The van der Waals surface area contributed by atoms with E-state index in [1.165, 1.54) is 12.0 Å². The number of carbonyl (C=O) groups is 2. The summed E-state index contributed by atoms with van der Waals surface area (Å²) in [4.78, 5) is 26.8. The van der Waals surface area contributed by atoms with Crippen molar-refractivity contribution >= 4 is 11.9 Å². The average Bonchev–Trinajstić information content (AvgIpc) is 3.05. The van der Waals surface area contributed by atoms with Gasteiger partial charge in [-0.15, -0.1) is 0 Å². The second-order valence-corrected chi connectivity index (χ2v) is 6.17. The second-order valence-electron chi connectivity index (χ2n) is 6.17. The lowest BCUT2D eigenvalue weighted by Crippen LogP contribution is -2.43. The van der Waals surface area contributed by atoms with Crippen LogP contribution in [0.5, 0.6) is 0 Å². The van der Waals surface area contributed by atoms with E-state index in [4.69, 9.17) is 4.74 Å². The molecule has 0 spiro atoms. The normalized spacial score (nSPS) is 19.9. The van der Waals surface area contributed by atoms with Crippen molar-refractivity contribution in [2.75, 3.05) is 13.7 Å². The van der Waals surface area contributed by atoms with Crippen LogP contribution in [0.1, 0.15) is 23.5 Å². The van der Waals surface area contributed by atoms with Crippen LogP contribution >= 0.6 is 0 Å². The monoisotopic (exact) mass is 339 g/mol. The lowest BCUT2D eigenvalue weighted by Gasteiger charge is -2.28. The number of rotatable bonds is 4. The van der Waals surface area contributed by atoms with E-state index in [0.717, 1.165) is 11.1 Å². The van der Waals surface area contributed by atoms with Gasteiger partial charge in [0, 0.05) is 13.0 Å². The fourth-order valence-corrected chi connectivity index (χ4v) is 3.35. The van der Waals surface area contributed by atoms with Crippen molar-refractivity contribution in [2.45, 2.75) is 24.5 Å². The number of aliphatic hydroxyl groups excluding tert-OH is 1. The molecule has 3 rings (SSSR count). The van der Waals surface area contributed by atoms with E-state index >= 15 is 0 Å². The Morgan fingerprint density at radius 3 is 2.04 bits per heavy atom. The topological polar surface area (TPSA) is 66.8 Å². The van der Waals surface area contributed by atoms with E-state index in [1.54, 1.807) is 0 Å². The molecule has 1 heterocycles. The summed E-state index contributed by atoms with van der Waals surface area (Å²) >= 11 is 0. The first kappa shape index (κ1) is 17.2. The number of methoxy groups -OCH3 is 1. The number of nitrogens with zero attached hydrogens (tertiary/aromatic N) is 1. The molecule has 1 amide bonds. The molecule has 130 valence electrons. The van der Waals surface area contributed by atoms with Gasteiger partial charge in [-0.2, -0.15) is 0 Å². The summed E-state index contributed by atoms with van der Waals surface area (Å²) in [5.74, 6) is -1.23. The van der Waals surface area contributed by atoms with E-state index in [9.17, 15) is 14.7 Å². The highest BCUT2D eigenvalue weighted by atomic mass is 16.5. The van der Waals surface area contributed by atoms with Crippen molar-refractivity contribution in [3.8, 4) is 0 Å². The van der Waals surface area contributed by atoms with Crippen molar-refractivity contribution in [1.82, 2.24) is 4.90 Å². The number of amides is 1. The molecule has 0 aliphatic carbocycles. The summed E-state index contributed by atoms with van der Waals surface area (Å²) in [7, 11) is 1.29. The molecule has 2 aromatic rings. The fourth-order valence-electron chi connectivity index (χ4n) is 3.35. The third-order valence-electron chi connectivity index (χ3n) is 4.55. The number of ether oxygens (including phenoxy) is 1. The van der Waals surface area contributed by atoms with Crippen molar-refractivity contribution in [2.24, 2.45) is 0 Å². The molecule has 5 heteroatoms. The van der Waals surface area contributed by atoms with E-state index in [2.05, 4.69) is 0 Å². The number of benzene rings is 2. The first-order valence-electron chi connectivity index (χ1n) is 8.28. The van der Waals surface area contributed by atoms with Gasteiger partial charge >= 0.3 is 5.97 Å². The van der Waals surface area contributed by atoms with E-state index < -0.39 is 24.0 Å². The van der Waals surface area contributed by atoms with Crippen molar-refractivity contribution in [3.63, 3.8) is 0 Å². The Labute approximate surface area is 146 Å². The van der Waals surface area contributed by atoms with Gasteiger partial charge in [0.2, 0.25) is 5.91 Å². The largest absolute Gasteiger partial charge is 0.467 e. The minimum Gasteiger partial charge on any atom is -0.467 e. The molecular formula is C20H21NO4. The molecule has 0 saturated carbocycles. The van der Waals surface area contributed by atoms with Crippen LogP contribution in [0.3, 0.4) is 0 Å². The average molecular weight is 339 g/mol. The third-order valence-corrected chi connectivity index (χ3v) is 4.55. The standard InChI is InChI=1S/C20H21NO4/c1-25-20(24)17-12-16(22)13-21(17)19(23)18(14-8-4-2-5-9-14)15-10-6-3-7-11-15/h2-11,16-18,22H,12-13H2,1H3. The molecule has 1 fully saturated rings. The number of hydrogen-bond donors (Lipinski definition) is 1. The number of β-amino-alcohol motifs (C(OH)–C–C–N with tert-alkyl or cyclic N) is 1. The Bertz CT molecular complexity index is 692. The van der Waals surface area contributed by atoms with Crippen LogP contribution in [-0.4, -0.2) is 47.7 Å². The zero-order chi connectivity index (χ0) is 17.8. The van der Waals surface area contributed by atoms with Crippen molar-refractivity contribution < 1.29 is 19.4 Å². The van der Waals surface area contributed by atoms with Gasteiger partial charge in [0.1, 0.15) is 6.04 Å². The van der Waals surface area contributed by atoms with Crippen LogP contribution in [0, 0.1) is 0 Å². The van der Waals surface area contributed by atoms with Crippen LogP contribution in [0.2, 0.25) is 0 Å². The predicted octanol–water partition coefficient (Wildman–Crippen LogP) is 1.95. The maximum atomic E-state index is 13.3. The second kappa shape index (κ2) is 7.49. The van der Waals surface area contributed by atoms with Crippen LogP contribution in [0.4, 0.5) is 0 Å². The van der Waals surface area contributed by atoms with Crippen LogP contribution in [0.15, 0.2) is 60.7 Å². The molecule has 2 atom stereocenters. The summed E-state index contributed by atoms with van der Waals surface area (Å²) in [5, 5.41) is 9.98. The van der Waals surface area contributed by atoms with Gasteiger partial charge in [0.25, 0.3) is 0 Å². The van der Waals surface area contributed by atoms with Gasteiger partial charge in [0.05, 0.1) is 19.1 Å². The molecule has 0 bridgehead atoms. The highest BCUT2D eigenvalue weighted by molar-refractivity contribution is 5.91. The smallest absolute Gasteiger partial charge is 0.328 e. The molecular weight excluding hydrogens is 318 g/mol. The molecule has 2 unspecified atom stereocenters. The minimum atomic E-state index is -0.748. The zero-order valence-electron chi connectivity index (χ0n) is 14.0. The fraction of sp³-hybridized carbons (Fsp3) is 0.300. The SMILES string of the molecule is COC(=O)C1CC(O)CN1C(=O)C(c1ccccc1)c1ccccc1. The van der Waals surface area contributed by atoms with Crippen LogP contribution in [0.25, 0.3) is 0 Å². The maximum Gasteiger partial charge on any atom is 0.328 e. The molecule has 1 N–H and O–H groups in total. The Kier molecular flexibility index (Phi) is 5.14. The summed E-state index contributed by atoms with van der Waals surface area (Å²) in [5.41, 5.74) is 1.70. The van der Waals surface area contributed by atoms with Gasteiger partial charge in [0.15, 0.2) is 0 Å². The van der Waals surface area contributed by atoms with E-state index in [0.29, 0.717) is 0 Å². The molecule has 1 aliphatic rings. The highest BCUT2D eigenvalue weighted by Gasteiger charge is 2.42. The summed E-state index contributed by atoms with van der Waals surface area (Å²) in [6, 6.07) is 18.2. The molecule has 0 radical (unpaired) electrons. The number of aliphatic hydroxyl groups is 1. The summed E-state index contributed by atoms with van der Waals surface area (Å²) in [6.45, 7) is 0.134. The van der Waals surface area contributed by atoms with Gasteiger partial charge in [-0.1, -0.05) is 60.7 Å². The quantitative estimate of drug-likeness (QED) is 0.865. The highest BCUT2D eigenvalue weighted by Crippen LogP contribution is 2.30. The van der Waals surface area contributed by atoms with E-state index in [1.807, 2.05) is 60.7 Å². The Morgan fingerprint density at radius 2 is 1.56 bits per heavy atom. The van der Waals surface area contributed by atoms with Gasteiger partial charge in [-0.3, -0.25) is 4.79 Å². The summed E-state index contributed by atoms with van der Waals surface area (Å²) in [6.07, 6.45) is -0.519. The predicted molar refractivity (Wildman–Crippen MR) is 92.9 cm³/mol. The molecule has 1 saturated heterocycles. The van der Waals surface area contributed by atoms with Crippen LogP contribution < -0.4 is 0 Å². The zero-order valence-corrected chi connectivity index (χ0v) is 14.0. The molecule has 25 heavy (non-hydrogen) atoms. The van der Waals surface area contributed by atoms with Crippen molar-refractivity contribution in [3.05, 3.63) is 71.8 Å². The van der Waals surface area contributed by atoms with Gasteiger partial charge in [-0.05, 0) is 11.1 Å².